The Morgan fingerprint density at radius 1 is 1.22 bits per heavy atom. The highest BCUT2D eigenvalue weighted by atomic mass is 32.2. The van der Waals surface area contributed by atoms with Gasteiger partial charge in [-0.15, -0.1) is 11.8 Å². The Labute approximate surface area is 106 Å². The first-order valence-electron chi connectivity index (χ1n) is 5.24. The molecule has 1 heterocycles. The summed E-state index contributed by atoms with van der Waals surface area (Å²) in [5, 5.41) is 8.88. The molecule has 1 unspecified atom stereocenters. The van der Waals surface area contributed by atoms with Gasteiger partial charge in [-0.2, -0.15) is 13.2 Å². The normalized spacial score (nSPS) is 16.4. The van der Waals surface area contributed by atoms with E-state index in [2.05, 4.69) is 0 Å². The van der Waals surface area contributed by atoms with E-state index >= 15 is 0 Å². The minimum Gasteiger partial charge on any atom is -0.486 e. The second-order valence-electron chi connectivity index (χ2n) is 3.67. The van der Waals surface area contributed by atoms with Crippen LogP contribution in [0.5, 0.6) is 11.5 Å². The molecule has 0 radical (unpaired) electrons. The number of benzene rings is 1. The van der Waals surface area contributed by atoms with Crippen LogP contribution in [0, 0.1) is 0 Å². The number of rotatable bonds is 3. The van der Waals surface area contributed by atoms with Crippen LogP contribution in [0.25, 0.3) is 0 Å². The molecule has 0 spiro atoms. The molecule has 1 N–H and O–H groups in total. The lowest BCUT2D eigenvalue weighted by molar-refractivity contribution is -0.195. The van der Waals surface area contributed by atoms with Crippen LogP contribution in [0.3, 0.4) is 0 Å². The van der Waals surface area contributed by atoms with Crippen molar-refractivity contribution in [2.45, 2.75) is 17.2 Å². The zero-order chi connectivity index (χ0) is 13.2. The molecule has 100 valence electrons. The number of ether oxygens (including phenoxy) is 2. The fourth-order valence-corrected chi connectivity index (χ4v) is 2.28. The first-order valence-corrected chi connectivity index (χ1v) is 6.22. The third kappa shape index (κ3) is 3.23. The maximum Gasteiger partial charge on any atom is 0.415 e. The third-order valence-electron chi connectivity index (χ3n) is 2.30. The van der Waals surface area contributed by atoms with Crippen LogP contribution in [0.1, 0.15) is 0 Å². The Bertz CT molecular complexity index is 422. The Morgan fingerprint density at radius 3 is 2.56 bits per heavy atom. The standard InChI is InChI=1S/C11H11F3O3S/c12-11(13,14)10(15)6-18-7-1-2-8-9(5-7)17-4-3-16-8/h1-2,5,10,15H,3-4,6H2. The lowest BCUT2D eigenvalue weighted by Gasteiger charge is -2.19. The number of fused-ring (bicyclic) bond motifs is 1. The number of alkyl halides is 3. The van der Waals surface area contributed by atoms with Crippen molar-refractivity contribution >= 4 is 11.8 Å². The fraction of sp³-hybridized carbons (Fsp3) is 0.455. The largest absolute Gasteiger partial charge is 0.486 e. The topological polar surface area (TPSA) is 38.7 Å². The highest BCUT2D eigenvalue weighted by molar-refractivity contribution is 7.99. The lowest BCUT2D eigenvalue weighted by Crippen LogP contribution is -2.30. The number of halogens is 3. The molecule has 0 fully saturated rings. The summed E-state index contributed by atoms with van der Waals surface area (Å²) >= 11 is 0.923. The van der Waals surface area contributed by atoms with E-state index in [4.69, 9.17) is 14.6 Å². The van der Waals surface area contributed by atoms with Crippen LogP contribution in [-0.4, -0.2) is 36.4 Å². The molecular weight excluding hydrogens is 269 g/mol. The molecule has 7 heteroatoms. The molecule has 0 aliphatic carbocycles. The number of hydrogen-bond donors (Lipinski definition) is 1. The van der Waals surface area contributed by atoms with Crippen molar-refractivity contribution in [3.8, 4) is 11.5 Å². The Balaban J connectivity index is 1.98. The molecule has 1 aliphatic heterocycles. The Kier molecular flexibility index (Phi) is 3.91. The van der Waals surface area contributed by atoms with Crippen molar-refractivity contribution in [2.75, 3.05) is 19.0 Å². The van der Waals surface area contributed by atoms with Gasteiger partial charge in [0.15, 0.2) is 17.6 Å². The van der Waals surface area contributed by atoms with Gasteiger partial charge in [0.05, 0.1) is 0 Å². The minimum atomic E-state index is -4.58. The summed E-state index contributed by atoms with van der Waals surface area (Å²) in [4.78, 5) is 0.600. The summed E-state index contributed by atoms with van der Waals surface area (Å²) in [5.74, 6) is 0.665. The molecule has 0 saturated heterocycles. The van der Waals surface area contributed by atoms with E-state index in [-0.39, 0.29) is 0 Å². The second-order valence-corrected chi connectivity index (χ2v) is 4.77. The summed E-state index contributed by atoms with van der Waals surface area (Å²) < 4.78 is 47.0. The number of aliphatic hydroxyl groups excluding tert-OH is 1. The smallest absolute Gasteiger partial charge is 0.415 e. The predicted octanol–water partition coefficient (Wildman–Crippen LogP) is 2.47. The van der Waals surface area contributed by atoms with Crippen molar-refractivity contribution < 1.29 is 27.8 Å². The van der Waals surface area contributed by atoms with Gasteiger partial charge >= 0.3 is 6.18 Å². The molecule has 0 saturated carbocycles. The molecule has 0 amide bonds. The molecule has 1 aromatic rings. The average Bonchev–Trinajstić information content (AvgIpc) is 2.34. The van der Waals surface area contributed by atoms with E-state index in [0.717, 1.165) is 11.8 Å². The molecule has 1 aromatic carbocycles. The van der Waals surface area contributed by atoms with Crippen LogP contribution in [-0.2, 0) is 0 Å². The van der Waals surface area contributed by atoms with Gasteiger partial charge in [-0.25, -0.2) is 0 Å². The van der Waals surface area contributed by atoms with Crippen molar-refractivity contribution in [3.05, 3.63) is 18.2 Å². The summed E-state index contributed by atoms with van der Waals surface area (Å²) in [5.41, 5.74) is 0. The molecule has 0 bridgehead atoms. The van der Waals surface area contributed by atoms with E-state index < -0.39 is 18.0 Å². The Hall–Kier alpha value is -1.08. The summed E-state index contributed by atoms with van der Waals surface area (Å²) in [6.45, 7) is 0.887. The second kappa shape index (κ2) is 5.27. The van der Waals surface area contributed by atoms with Crippen LogP contribution in [0.15, 0.2) is 23.1 Å². The van der Waals surface area contributed by atoms with Gasteiger partial charge in [-0.3, -0.25) is 0 Å². The SMILES string of the molecule is OC(CSc1ccc2c(c1)OCCO2)C(F)(F)F. The monoisotopic (exact) mass is 280 g/mol. The van der Waals surface area contributed by atoms with Gasteiger partial charge < -0.3 is 14.6 Å². The van der Waals surface area contributed by atoms with Gasteiger partial charge in [0.25, 0.3) is 0 Å². The van der Waals surface area contributed by atoms with E-state index in [0.29, 0.717) is 29.6 Å². The Morgan fingerprint density at radius 2 is 1.89 bits per heavy atom. The van der Waals surface area contributed by atoms with E-state index in [1.807, 2.05) is 0 Å². The summed E-state index contributed by atoms with van der Waals surface area (Å²) in [6, 6.07) is 4.90. The van der Waals surface area contributed by atoms with E-state index in [9.17, 15) is 13.2 Å². The minimum absolute atomic E-state index is 0.423. The molecule has 3 nitrogen and oxygen atoms in total. The molecule has 18 heavy (non-hydrogen) atoms. The predicted molar refractivity (Wildman–Crippen MR) is 60.2 cm³/mol. The van der Waals surface area contributed by atoms with Gasteiger partial charge in [-0.1, -0.05) is 0 Å². The number of aliphatic hydroxyl groups is 1. The van der Waals surface area contributed by atoms with Gasteiger partial charge in [0.2, 0.25) is 0 Å². The first-order chi connectivity index (χ1) is 8.47. The molecule has 0 aromatic heterocycles. The molecule has 2 rings (SSSR count). The maximum atomic E-state index is 12.1. The van der Waals surface area contributed by atoms with Gasteiger partial charge in [0, 0.05) is 10.6 Å². The van der Waals surface area contributed by atoms with Crippen molar-refractivity contribution in [1.82, 2.24) is 0 Å². The number of thioether (sulfide) groups is 1. The van der Waals surface area contributed by atoms with Gasteiger partial charge in [0.1, 0.15) is 13.2 Å². The molecule has 1 atom stereocenters. The zero-order valence-corrected chi connectivity index (χ0v) is 10.1. The first kappa shape index (κ1) is 13.4. The zero-order valence-electron chi connectivity index (χ0n) is 9.24. The highest BCUT2D eigenvalue weighted by Gasteiger charge is 2.37. The van der Waals surface area contributed by atoms with Crippen LogP contribution < -0.4 is 9.47 Å². The van der Waals surface area contributed by atoms with Crippen LogP contribution in [0.2, 0.25) is 0 Å². The third-order valence-corrected chi connectivity index (χ3v) is 3.37. The van der Waals surface area contributed by atoms with Crippen LogP contribution >= 0.6 is 11.8 Å². The van der Waals surface area contributed by atoms with Crippen LogP contribution in [0.4, 0.5) is 13.2 Å². The summed E-state index contributed by atoms with van der Waals surface area (Å²) in [6.07, 6.45) is -6.91. The van der Waals surface area contributed by atoms with Gasteiger partial charge in [-0.05, 0) is 18.2 Å². The summed E-state index contributed by atoms with van der Waals surface area (Å²) in [7, 11) is 0. The van der Waals surface area contributed by atoms with Crippen molar-refractivity contribution in [1.29, 1.82) is 0 Å². The quantitative estimate of drug-likeness (QED) is 0.863. The van der Waals surface area contributed by atoms with E-state index in [1.165, 1.54) is 0 Å². The number of hydrogen-bond acceptors (Lipinski definition) is 4. The van der Waals surface area contributed by atoms with Crippen molar-refractivity contribution in [3.63, 3.8) is 0 Å². The van der Waals surface area contributed by atoms with Crippen molar-refractivity contribution in [2.24, 2.45) is 0 Å². The molecule has 1 aliphatic rings. The highest BCUT2D eigenvalue weighted by Crippen LogP contribution is 2.35. The maximum absolute atomic E-state index is 12.1. The van der Waals surface area contributed by atoms with E-state index in [1.54, 1.807) is 18.2 Å². The lowest BCUT2D eigenvalue weighted by atomic mass is 10.3. The fourth-order valence-electron chi connectivity index (χ4n) is 1.38. The molecular formula is C11H11F3O3S. The average molecular weight is 280 g/mol.